The van der Waals surface area contributed by atoms with Crippen molar-refractivity contribution in [3.63, 3.8) is 0 Å². The molecule has 0 unspecified atom stereocenters. The molecule has 0 saturated heterocycles. The van der Waals surface area contributed by atoms with Crippen LogP contribution in [0, 0.1) is 5.92 Å². The van der Waals surface area contributed by atoms with Crippen molar-refractivity contribution in [3.8, 4) is 22.8 Å². The predicted octanol–water partition coefficient (Wildman–Crippen LogP) is 3.64. The van der Waals surface area contributed by atoms with Gasteiger partial charge in [0.05, 0.1) is 5.69 Å². The maximum absolute atomic E-state index is 5.49. The molecular formula is C19H20N4O2. The molecular weight excluding hydrogens is 316 g/mol. The van der Waals surface area contributed by atoms with Gasteiger partial charge in [0.15, 0.2) is 17.3 Å². The Morgan fingerprint density at radius 3 is 2.88 bits per heavy atom. The molecule has 5 rings (SSSR count). The van der Waals surface area contributed by atoms with Gasteiger partial charge < -0.3 is 9.47 Å². The van der Waals surface area contributed by atoms with Gasteiger partial charge in [0.25, 0.3) is 5.78 Å². The number of aromatic nitrogens is 4. The van der Waals surface area contributed by atoms with Gasteiger partial charge in [-0.15, -0.1) is 5.10 Å². The van der Waals surface area contributed by atoms with E-state index in [9.17, 15) is 0 Å². The van der Waals surface area contributed by atoms with Crippen molar-refractivity contribution in [1.29, 1.82) is 0 Å². The number of hydrogen-bond donors (Lipinski definition) is 0. The molecule has 6 heteroatoms. The van der Waals surface area contributed by atoms with E-state index < -0.39 is 0 Å². The third-order valence-electron chi connectivity index (χ3n) is 5.20. The van der Waals surface area contributed by atoms with Gasteiger partial charge in [0.2, 0.25) is 6.79 Å². The van der Waals surface area contributed by atoms with Crippen LogP contribution in [-0.4, -0.2) is 26.4 Å². The lowest BCUT2D eigenvalue weighted by atomic mass is 10.0. The summed E-state index contributed by atoms with van der Waals surface area (Å²) in [5.74, 6) is 3.92. The van der Waals surface area contributed by atoms with Crippen LogP contribution in [0.2, 0.25) is 0 Å². The lowest BCUT2D eigenvalue weighted by molar-refractivity contribution is 0.174. The molecule has 2 aliphatic rings. The highest BCUT2D eigenvalue weighted by Crippen LogP contribution is 2.35. The normalized spacial score (nSPS) is 16.8. The summed E-state index contributed by atoms with van der Waals surface area (Å²) < 4.78 is 12.7. The monoisotopic (exact) mass is 336 g/mol. The lowest BCUT2D eigenvalue weighted by Crippen LogP contribution is -1.99. The van der Waals surface area contributed by atoms with Crippen LogP contribution < -0.4 is 9.47 Å². The number of aryl methyl sites for hydroxylation is 1. The Hall–Kier alpha value is -2.63. The summed E-state index contributed by atoms with van der Waals surface area (Å²) in [7, 11) is 0. The average molecular weight is 336 g/mol. The Morgan fingerprint density at radius 2 is 1.96 bits per heavy atom. The first kappa shape index (κ1) is 14.7. The Labute approximate surface area is 145 Å². The fourth-order valence-electron chi connectivity index (χ4n) is 3.85. The summed E-state index contributed by atoms with van der Waals surface area (Å²) in [6.07, 6.45) is 9.34. The minimum atomic E-state index is 0.277. The highest BCUT2D eigenvalue weighted by atomic mass is 16.7. The van der Waals surface area contributed by atoms with Crippen LogP contribution in [-0.2, 0) is 6.42 Å². The van der Waals surface area contributed by atoms with Gasteiger partial charge in [0, 0.05) is 18.2 Å². The van der Waals surface area contributed by atoms with Gasteiger partial charge in [-0.05, 0) is 36.6 Å². The van der Waals surface area contributed by atoms with E-state index in [-0.39, 0.29) is 6.79 Å². The molecule has 1 aliphatic carbocycles. The van der Waals surface area contributed by atoms with Crippen molar-refractivity contribution in [2.24, 2.45) is 5.92 Å². The molecule has 0 N–H and O–H groups in total. The van der Waals surface area contributed by atoms with Crippen LogP contribution in [0.25, 0.3) is 17.0 Å². The fourth-order valence-corrected chi connectivity index (χ4v) is 3.85. The number of benzene rings is 1. The van der Waals surface area contributed by atoms with Crippen molar-refractivity contribution >= 4 is 5.78 Å². The molecule has 0 atom stereocenters. The molecule has 0 bridgehead atoms. The largest absolute Gasteiger partial charge is 0.454 e. The van der Waals surface area contributed by atoms with E-state index in [0.717, 1.165) is 40.9 Å². The smallest absolute Gasteiger partial charge is 0.252 e. The summed E-state index contributed by atoms with van der Waals surface area (Å²) in [4.78, 5) is 8.99. The van der Waals surface area contributed by atoms with Gasteiger partial charge in [-0.3, -0.25) is 0 Å². The van der Waals surface area contributed by atoms with Gasteiger partial charge >= 0.3 is 0 Å². The number of rotatable bonds is 4. The van der Waals surface area contributed by atoms with E-state index in [1.54, 1.807) is 6.20 Å². The molecule has 3 aromatic rings. The average Bonchev–Trinajstić information content (AvgIpc) is 3.38. The molecule has 3 heterocycles. The van der Waals surface area contributed by atoms with Gasteiger partial charge in [-0.25, -0.2) is 4.98 Å². The Balaban J connectivity index is 1.46. The van der Waals surface area contributed by atoms with Gasteiger partial charge in [0.1, 0.15) is 0 Å². The maximum atomic E-state index is 5.49. The summed E-state index contributed by atoms with van der Waals surface area (Å²) in [6.45, 7) is 0.277. The summed E-state index contributed by atoms with van der Waals surface area (Å²) in [5, 5.41) is 4.71. The topological polar surface area (TPSA) is 61.5 Å². The molecule has 0 radical (unpaired) electrons. The molecule has 128 valence electrons. The fraction of sp³-hybridized carbons (Fsp3) is 0.421. The number of fused-ring (bicyclic) bond motifs is 2. The molecule has 0 amide bonds. The first-order valence-corrected chi connectivity index (χ1v) is 8.97. The third-order valence-corrected chi connectivity index (χ3v) is 5.20. The van der Waals surface area contributed by atoms with E-state index in [4.69, 9.17) is 14.6 Å². The van der Waals surface area contributed by atoms with Crippen LogP contribution in [0.4, 0.5) is 0 Å². The lowest BCUT2D eigenvalue weighted by Gasteiger charge is -2.05. The molecule has 6 nitrogen and oxygen atoms in total. The minimum Gasteiger partial charge on any atom is -0.454 e. The minimum absolute atomic E-state index is 0.277. The van der Waals surface area contributed by atoms with Crippen LogP contribution in [0.15, 0.2) is 30.5 Å². The van der Waals surface area contributed by atoms with Crippen LogP contribution in [0.5, 0.6) is 11.5 Å². The van der Waals surface area contributed by atoms with E-state index >= 15 is 0 Å². The Kier molecular flexibility index (Phi) is 3.54. The standard InChI is InChI=1S/C19H20N4O2/c1-2-4-13(3-1)5-8-18-21-19-20-10-9-15(23(19)22-18)14-6-7-16-17(11-14)25-12-24-16/h6-7,9-11,13H,1-5,8,12H2. The van der Waals surface area contributed by atoms with Crippen molar-refractivity contribution in [1.82, 2.24) is 19.6 Å². The van der Waals surface area contributed by atoms with Crippen molar-refractivity contribution in [3.05, 3.63) is 36.3 Å². The van der Waals surface area contributed by atoms with Crippen molar-refractivity contribution < 1.29 is 9.47 Å². The number of nitrogens with zero attached hydrogens (tertiary/aromatic N) is 4. The second kappa shape index (κ2) is 6.02. The first-order chi connectivity index (χ1) is 12.4. The third kappa shape index (κ3) is 2.71. The molecule has 1 aliphatic heterocycles. The number of hydrogen-bond acceptors (Lipinski definition) is 5. The zero-order chi connectivity index (χ0) is 16.6. The van der Waals surface area contributed by atoms with Crippen molar-refractivity contribution in [2.75, 3.05) is 6.79 Å². The maximum Gasteiger partial charge on any atom is 0.252 e. The Morgan fingerprint density at radius 1 is 1.08 bits per heavy atom. The summed E-state index contributed by atoms with van der Waals surface area (Å²) in [5.41, 5.74) is 1.98. The van der Waals surface area contributed by atoms with E-state index in [1.807, 2.05) is 28.8 Å². The van der Waals surface area contributed by atoms with Crippen LogP contribution >= 0.6 is 0 Å². The van der Waals surface area contributed by atoms with E-state index in [2.05, 4.69) is 9.97 Å². The van der Waals surface area contributed by atoms with Gasteiger partial charge in [-0.1, -0.05) is 25.7 Å². The molecule has 1 aromatic carbocycles. The predicted molar refractivity (Wildman–Crippen MR) is 92.6 cm³/mol. The highest BCUT2D eigenvalue weighted by molar-refractivity contribution is 5.65. The van der Waals surface area contributed by atoms with Gasteiger partial charge in [-0.2, -0.15) is 9.50 Å². The van der Waals surface area contributed by atoms with E-state index in [0.29, 0.717) is 5.78 Å². The Bertz CT molecular complexity index is 915. The summed E-state index contributed by atoms with van der Waals surface area (Å²) >= 11 is 0. The quantitative estimate of drug-likeness (QED) is 0.728. The van der Waals surface area contributed by atoms with Crippen LogP contribution in [0.3, 0.4) is 0 Å². The zero-order valence-corrected chi connectivity index (χ0v) is 14.0. The molecule has 0 spiro atoms. The second-order valence-electron chi connectivity index (χ2n) is 6.83. The molecule has 1 saturated carbocycles. The molecule has 2 aromatic heterocycles. The highest BCUT2D eigenvalue weighted by Gasteiger charge is 2.18. The molecule has 25 heavy (non-hydrogen) atoms. The van der Waals surface area contributed by atoms with Crippen LogP contribution in [0.1, 0.15) is 37.9 Å². The SMILES string of the molecule is c1cc(-c2ccc3c(c2)OCO3)n2nc(CCC3CCCC3)nc2n1. The first-order valence-electron chi connectivity index (χ1n) is 8.97. The second-order valence-corrected chi connectivity index (χ2v) is 6.83. The molecule has 1 fully saturated rings. The van der Waals surface area contributed by atoms with E-state index in [1.165, 1.54) is 32.1 Å². The zero-order valence-electron chi connectivity index (χ0n) is 14.0. The summed E-state index contributed by atoms with van der Waals surface area (Å²) in [6, 6.07) is 7.89. The van der Waals surface area contributed by atoms with Crippen molar-refractivity contribution in [2.45, 2.75) is 38.5 Å². The number of ether oxygens (including phenoxy) is 2.